The number of hydrogen-bond acceptors (Lipinski definition) is 4. The van der Waals surface area contributed by atoms with Crippen LogP contribution in [0.2, 0.25) is 0 Å². The number of amides is 1. The van der Waals surface area contributed by atoms with Gasteiger partial charge in [-0.2, -0.15) is 0 Å². The molecule has 0 bridgehead atoms. The summed E-state index contributed by atoms with van der Waals surface area (Å²) in [7, 11) is 0. The summed E-state index contributed by atoms with van der Waals surface area (Å²) in [6.45, 7) is -0.0934. The average Bonchev–Trinajstić information content (AvgIpc) is 2.61. The largest absolute Gasteiger partial charge is 0.457 e. The van der Waals surface area contributed by atoms with Crippen molar-refractivity contribution in [2.45, 2.75) is 6.54 Å². The van der Waals surface area contributed by atoms with Crippen LogP contribution in [0.1, 0.15) is 0 Å². The second-order valence-corrected chi connectivity index (χ2v) is 6.07. The van der Waals surface area contributed by atoms with E-state index in [1.165, 1.54) is 17.0 Å². The molecule has 3 aromatic rings. The summed E-state index contributed by atoms with van der Waals surface area (Å²) in [5.74, 6) is 1.07. The highest BCUT2D eigenvalue weighted by Gasteiger charge is 2.05. The van der Waals surface area contributed by atoms with Gasteiger partial charge in [-0.05, 0) is 54.6 Å². The molecule has 0 atom stereocenters. The van der Waals surface area contributed by atoms with Crippen molar-refractivity contribution in [1.82, 2.24) is 9.55 Å². The van der Waals surface area contributed by atoms with Crippen LogP contribution in [-0.2, 0) is 11.3 Å². The molecule has 1 heterocycles. The Morgan fingerprint density at radius 1 is 1.08 bits per heavy atom. The van der Waals surface area contributed by atoms with E-state index in [4.69, 9.17) is 4.74 Å². The lowest BCUT2D eigenvalue weighted by Crippen LogP contribution is -2.28. The van der Waals surface area contributed by atoms with Gasteiger partial charge in [0.25, 0.3) is 0 Å². The second kappa shape index (κ2) is 7.76. The van der Waals surface area contributed by atoms with Crippen LogP contribution in [0.4, 0.5) is 5.69 Å². The zero-order valence-corrected chi connectivity index (χ0v) is 14.6. The first-order valence-corrected chi connectivity index (χ1v) is 8.24. The SMILES string of the molecule is O=C(Cn1cccnc1=O)Nc1ccc(Oc2ccc(Br)cc2)cc1. The normalized spacial score (nSPS) is 10.3. The van der Waals surface area contributed by atoms with Crippen LogP contribution in [0, 0.1) is 0 Å². The lowest BCUT2D eigenvalue weighted by molar-refractivity contribution is -0.116. The Morgan fingerprint density at radius 2 is 1.72 bits per heavy atom. The molecule has 126 valence electrons. The molecule has 6 nitrogen and oxygen atoms in total. The molecule has 2 aromatic carbocycles. The Labute approximate surface area is 152 Å². The molecule has 0 aliphatic heterocycles. The van der Waals surface area contributed by atoms with Gasteiger partial charge in [0.1, 0.15) is 18.0 Å². The van der Waals surface area contributed by atoms with Crippen LogP contribution in [0.15, 0.2) is 76.3 Å². The van der Waals surface area contributed by atoms with Crippen LogP contribution in [-0.4, -0.2) is 15.5 Å². The summed E-state index contributed by atoms with van der Waals surface area (Å²) in [4.78, 5) is 27.1. The predicted octanol–water partition coefficient (Wildman–Crippen LogP) is 3.44. The molecule has 1 aromatic heterocycles. The van der Waals surface area contributed by atoms with Crippen molar-refractivity contribution >= 4 is 27.5 Å². The van der Waals surface area contributed by atoms with Crippen molar-refractivity contribution in [3.8, 4) is 11.5 Å². The van der Waals surface area contributed by atoms with E-state index in [-0.39, 0.29) is 12.5 Å². The summed E-state index contributed by atoms with van der Waals surface area (Å²) < 4.78 is 7.93. The Morgan fingerprint density at radius 3 is 2.36 bits per heavy atom. The van der Waals surface area contributed by atoms with E-state index in [9.17, 15) is 9.59 Å². The predicted molar refractivity (Wildman–Crippen MR) is 97.8 cm³/mol. The molecule has 0 saturated heterocycles. The molecule has 0 unspecified atom stereocenters. The van der Waals surface area contributed by atoms with Gasteiger partial charge in [0.15, 0.2) is 0 Å². The highest BCUT2D eigenvalue weighted by atomic mass is 79.9. The third-order valence-corrected chi connectivity index (χ3v) is 3.81. The van der Waals surface area contributed by atoms with Gasteiger partial charge in [0.2, 0.25) is 5.91 Å². The Balaban J connectivity index is 1.60. The molecule has 0 radical (unpaired) electrons. The smallest absolute Gasteiger partial charge is 0.347 e. The minimum absolute atomic E-state index is 0.0934. The zero-order chi connectivity index (χ0) is 17.6. The number of aromatic nitrogens is 2. The van der Waals surface area contributed by atoms with Crippen molar-refractivity contribution in [2.75, 3.05) is 5.32 Å². The van der Waals surface area contributed by atoms with Crippen molar-refractivity contribution in [2.24, 2.45) is 0 Å². The fraction of sp³-hybridized carbons (Fsp3) is 0.0556. The van der Waals surface area contributed by atoms with Crippen LogP contribution < -0.4 is 15.7 Å². The fourth-order valence-electron chi connectivity index (χ4n) is 2.11. The van der Waals surface area contributed by atoms with Crippen molar-refractivity contribution in [1.29, 1.82) is 0 Å². The van der Waals surface area contributed by atoms with Crippen LogP contribution in [0.25, 0.3) is 0 Å². The number of nitrogens with zero attached hydrogens (tertiary/aromatic N) is 2. The second-order valence-electron chi connectivity index (χ2n) is 5.16. The maximum absolute atomic E-state index is 12.0. The van der Waals surface area contributed by atoms with Gasteiger partial charge < -0.3 is 10.1 Å². The number of hydrogen-bond donors (Lipinski definition) is 1. The van der Waals surface area contributed by atoms with Gasteiger partial charge in [0.05, 0.1) is 0 Å². The first kappa shape index (κ1) is 16.9. The van der Waals surface area contributed by atoms with E-state index < -0.39 is 5.69 Å². The lowest BCUT2D eigenvalue weighted by atomic mass is 10.3. The first-order chi connectivity index (χ1) is 12.1. The number of anilines is 1. The Bertz CT molecular complexity index is 921. The topological polar surface area (TPSA) is 73.2 Å². The van der Waals surface area contributed by atoms with Gasteiger partial charge in [-0.15, -0.1) is 0 Å². The summed E-state index contributed by atoms with van der Waals surface area (Å²) in [5, 5.41) is 2.73. The maximum atomic E-state index is 12.0. The van der Waals surface area contributed by atoms with E-state index in [0.717, 1.165) is 10.2 Å². The van der Waals surface area contributed by atoms with Crippen LogP contribution >= 0.6 is 15.9 Å². The lowest BCUT2D eigenvalue weighted by Gasteiger charge is -2.09. The van der Waals surface area contributed by atoms with E-state index >= 15 is 0 Å². The standard InChI is InChI=1S/C18H14BrN3O3/c19-13-2-6-15(7-3-13)25-16-8-4-14(5-9-16)21-17(23)12-22-11-1-10-20-18(22)24/h1-11H,12H2,(H,21,23). The summed E-state index contributed by atoms with van der Waals surface area (Å²) in [6, 6.07) is 16.1. The zero-order valence-electron chi connectivity index (χ0n) is 13.1. The summed E-state index contributed by atoms with van der Waals surface area (Å²) in [6.07, 6.45) is 2.91. The van der Waals surface area contributed by atoms with Gasteiger partial charge in [0, 0.05) is 22.6 Å². The monoisotopic (exact) mass is 399 g/mol. The van der Waals surface area contributed by atoms with Crippen LogP contribution in [0.5, 0.6) is 11.5 Å². The number of benzene rings is 2. The highest BCUT2D eigenvalue weighted by Crippen LogP contribution is 2.24. The van der Waals surface area contributed by atoms with Gasteiger partial charge >= 0.3 is 5.69 Å². The van der Waals surface area contributed by atoms with Gasteiger partial charge in [-0.1, -0.05) is 15.9 Å². The first-order valence-electron chi connectivity index (χ1n) is 7.45. The molecule has 7 heteroatoms. The number of nitrogens with one attached hydrogen (secondary N) is 1. The third kappa shape index (κ3) is 4.77. The number of rotatable bonds is 5. The van der Waals surface area contributed by atoms with E-state index in [1.807, 2.05) is 24.3 Å². The highest BCUT2D eigenvalue weighted by molar-refractivity contribution is 9.10. The number of ether oxygens (including phenoxy) is 1. The molecule has 1 amide bonds. The quantitative estimate of drug-likeness (QED) is 0.712. The molecular weight excluding hydrogens is 386 g/mol. The summed E-state index contributed by atoms with van der Waals surface area (Å²) in [5.41, 5.74) is 0.154. The molecule has 0 aliphatic carbocycles. The molecule has 25 heavy (non-hydrogen) atoms. The maximum Gasteiger partial charge on any atom is 0.347 e. The van der Waals surface area contributed by atoms with Crippen molar-refractivity contribution < 1.29 is 9.53 Å². The fourth-order valence-corrected chi connectivity index (χ4v) is 2.37. The van der Waals surface area contributed by atoms with Gasteiger partial charge in [-0.3, -0.25) is 9.36 Å². The van der Waals surface area contributed by atoms with Gasteiger partial charge in [-0.25, -0.2) is 9.78 Å². The molecule has 1 N–H and O–H groups in total. The van der Waals surface area contributed by atoms with E-state index in [2.05, 4.69) is 26.2 Å². The molecule has 0 fully saturated rings. The molecule has 3 rings (SSSR count). The molecule has 0 aliphatic rings. The van der Waals surface area contributed by atoms with E-state index in [0.29, 0.717) is 11.4 Å². The van der Waals surface area contributed by atoms with E-state index in [1.54, 1.807) is 30.3 Å². The number of carbonyl (C=O) groups is 1. The number of halogens is 1. The molecule has 0 spiro atoms. The minimum atomic E-state index is -0.462. The summed E-state index contributed by atoms with van der Waals surface area (Å²) >= 11 is 3.37. The average molecular weight is 400 g/mol. The Kier molecular flexibility index (Phi) is 5.25. The minimum Gasteiger partial charge on any atom is -0.457 e. The third-order valence-electron chi connectivity index (χ3n) is 3.28. The molecular formula is C18H14BrN3O3. The van der Waals surface area contributed by atoms with Crippen molar-refractivity contribution in [3.05, 3.63) is 81.9 Å². The van der Waals surface area contributed by atoms with Crippen LogP contribution in [0.3, 0.4) is 0 Å². The molecule has 0 saturated carbocycles. The Hall–Kier alpha value is -2.93. The van der Waals surface area contributed by atoms with Crippen molar-refractivity contribution in [3.63, 3.8) is 0 Å². The number of carbonyl (C=O) groups excluding carboxylic acids is 1.